The first-order chi connectivity index (χ1) is 13.7. The summed E-state index contributed by atoms with van der Waals surface area (Å²) in [7, 11) is 0. The lowest BCUT2D eigenvalue weighted by Crippen LogP contribution is -2.42. The Balaban J connectivity index is 1.35. The molecule has 0 unspecified atom stereocenters. The van der Waals surface area contributed by atoms with Crippen molar-refractivity contribution in [1.82, 2.24) is 5.32 Å². The van der Waals surface area contributed by atoms with Gasteiger partial charge in [-0.3, -0.25) is 9.59 Å². The van der Waals surface area contributed by atoms with Gasteiger partial charge in [-0.25, -0.2) is 4.79 Å². The SMILES string of the molecule is O=Cc1ccccc1OCC(=O)OCC(=O)NC[C@@H]1COc2ccccc2O1. The van der Waals surface area contributed by atoms with Gasteiger partial charge < -0.3 is 24.3 Å². The molecule has 1 heterocycles. The monoisotopic (exact) mass is 385 g/mol. The van der Waals surface area contributed by atoms with Crippen LogP contribution in [0, 0.1) is 0 Å². The molecule has 2 aromatic carbocycles. The maximum absolute atomic E-state index is 11.8. The van der Waals surface area contributed by atoms with Gasteiger partial charge in [-0.2, -0.15) is 0 Å². The molecule has 0 aromatic heterocycles. The number of nitrogens with one attached hydrogen (secondary N) is 1. The van der Waals surface area contributed by atoms with Crippen molar-refractivity contribution in [1.29, 1.82) is 0 Å². The zero-order valence-corrected chi connectivity index (χ0v) is 15.0. The first-order valence-electron chi connectivity index (χ1n) is 8.63. The molecule has 0 fully saturated rings. The van der Waals surface area contributed by atoms with E-state index < -0.39 is 25.1 Å². The average Bonchev–Trinajstić information content (AvgIpc) is 2.74. The van der Waals surface area contributed by atoms with Crippen LogP contribution in [0.1, 0.15) is 10.4 Å². The minimum Gasteiger partial charge on any atom is -0.486 e. The van der Waals surface area contributed by atoms with Gasteiger partial charge >= 0.3 is 5.97 Å². The van der Waals surface area contributed by atoms with Gasteiger partial charge in [-0.1, -0.05) is 24.3 Å². The molecule has 28 heavy (non-hydrogen) atoms. The smallest absolute Gasteiger partial charge is 0.344 e. The van der Waals surface area contributed by atoms with Gasteiger partial charge in [0.2, 0.25) is 0 Å². The number of rotatable bonds is 8. The average molecular weight is 385 g/mol. The summed E-state index contributed by atoms with van der Waals surface area (Å²) in [6, 6.07) is 13.8. The Labute approximate surface area is 161 Å². The van der Waals surface area contributed by atoms with Crippen LogP contribution in [0.15, 0.2) is 48.5 Å². The summed E-state index contributed by atoms with van der Waals surface area (Å²) >= 11 is 0. The standard InChI is InChI=1S/C20H19NO7/c22-10-14-5-1-2-6-16(14)26-13-20(24)27-12-19(23)21-9-15-11-25-17-7-3-4-8-18(17)28-15/h1-8,10,15H,9,11-13H2,(H,21,23)/t15-/m1/s1. The van der Waals surface area contributed by atoms with Crippen LogP contribution in [0.3, 0.4) is 0 Å². The van der Waals surface area contributed by atoms with E-state index in [0.717, 1.165) is 0 Å². The summed E-state index contributed by atoms with van der Waals surface area (Å²) in [5.74, 6) is 0.363. The number of aldehydes is 1. The van der Waals surface area contributed by atoms with Gasteiger partial charge in [0, 0.05) is 0 Å². The van der Waals surface area contributed by atoms with Gasteiger partial charge in [0.15, 0.2) is 31.0 Å². The number of fused-ring (bicyclic) bond motifs is 1. The van der Waals surface area contributed by atoms with Crippen LogP contribution in [-0.4, -0.2) is 50.6 Å². The molecule has 146 valence electrons. The largest absolute Gasteiger partial charge is 0.486 e. The van der Waals surface area contributed by atoms with Crippen LogP contribution >= 0.6 is 0 Å². The lowest BCUT2D eigenvalue weighted by atomic mass is 10.2. The van der Waals surface area contributed by atoms with Crippen molar-refractivity contribution in [2.24, 2.45) is 0 Å². The van der Waals surface area contributed by atoms with Crippen LogP contribution in [0.25, 0.3) is 0 Å². The normalized spacial score (nSPS) is 14.6. The number of hydrogen-bond acceptors (Lipinski definition) is 7. The molecule has 0 bridgehead atoms. The molecule has 1 aliphatic rings. The second-order valence-corrected chi connectivity index (χ2v) is 5.91. The Hall–Kier alpha value is -3.55. The fraction of sp³-hybridized carbons (Fsp3) is 0.250. The second kappa shape index (κ2) is 9.40. The number of esters is 1. The molecule has 0 aliphatic carbocycles. The van der Waals surface area contributed by atoms with E-state index in [-0.39, 0.29) is 18.4 Å². The lowest BCUT2D eigenvalue weighted by molar-refractivity contribution is -0.150. The van der Waals surface area contributed by atoms with Crippen molar-refractivity contribution >= 4 is 18.2 Å². The highest BCUT2D eigenvalue weighted by Crippen LogP contribution is 2.30. The first kappa shape index (κ1) is 19.2. The quantitative estimate of drug-likeness (QED) is 0.541. The highest BCUT2D eigenvalue weighted by atomic mass is 16.6. The zero-order chi connectivity index (χ0) is 19.8. The number of amides is 1. The summed E-state index contributed by atoms with van der Waals surface area (Å²) in [6.07, 6.45) is 0.293. The zero-order valence-electron chi connectivity index (χ0n) is 15.0. The minimum absolute atomic E-state index is 0.216. The minimum atomic E-state index is -0.720. The maximum atomic E-state index is 11.8. The molecular formula is C20H19NO7. The fourth-order valence-electron chi connectivity index (χ4n) is 2.48. The molecule has 0 saturated carbocycles. The summed E-state index contributed by atoms with van der Waals surface area (Å²) in [6.45, 7) is -0.328. The van der Waals surface area contributed by atoms with E-state index in [0.29, 0.717) is 30.0 Å². The molecule has 1 aliphatic heterocycles. The Morgan fingerprint density at radius 1 is 1.07 bits per heavy atom. The van der Waals surface area contributed by atoms with E-state index in [4.69, 9.17) is 18.9 Å². The van der Waals surface area contributed by atoms with Crippen molar-refractivity contribution in [2.75, 3.05) is 26.4 Å². The third kappa shape index (κ3) is 5.23. The van der Waals surface area contributed by atoms with Gasteiger partial charge in [0.25, 0.3) is 5.91 Å². The first-order valence-corrected chi connectivity index (χ1v) is 8.63. The van der Waals surface area contributed by atoms with E-state index >= 15 is 0 Å². The van der Waals surface area contributed by atoms with Gasteiger partial charge in [0.1, 0.15) is 18.5 Å². The number of hydrogen-bond donors (Lipinski definition) is 1. The van der Waals surface area contributed by atoms with Crippen LogP contribution < -0.4 is 19.5 Å². The Bertz CT molecular complexity index is 852. The molecule has 8 nitrogen and oxygen atoms in total. The molecule has 1 atom stereocenters. The van der Waals surface area contributed by atoms with Gasteiger partial charge in [-0.15, -0.1) is 0 Å². The molecule has 3 rings (SSSR count). The highest BCUT2D eigenvalue weighted by Gasteiger charge is 2.21. The van der Waals surface area contributed by atoms with Gasteiger partial charge in [-0.05, 0) is 24.3 Å². The van der Waals surface area contributed by atoms with Gasteiger partial charge in [0.05, 0.1) is 12.1 Å². The highest BCUT2D eigenvalue weighted by molar-refractivity contribution is 5.81. The number of carbonyl (C=O) groups excluding carboxylic acids is 3. The number of para-hydroxylation sites is 3. The summed E-state index contributed by atoms with van der Waals surface area (Å²) in [5, 5.41) is 2.62. The summed E-state index contributed by atoms with van der Waals surface area (Å²) < 4.78 is 21.4. The molecular weight excluding hydrogens is 366 g/mol. The molecule has 0 radical (unpaired) electrons. The van der Waals surface area contributed by atoms with Crippen molar-refractivity contribution in [3.05, 3.63) is 54.1 Å². The molecule has 1 N–H and O–H groups in total. The van der Waals surface area contributed by atoms with Crippen molar-refractivity contribution in [3.8, 4) is 17.2 Å². The number of benzene rings is 2. The molecule has 0 spiro atoms. The summed E-state index contributed by atoms with van der Waals surface area (Å²) in [5.41, 5.74) is 0.323. The predicted octanol–water partition coefficient (Wildman–Crippen LogP) is 1.38. The third-order valence-corrected chi connectivity index (χ3v) is 3.85. The number of ether oxygens (including phenoxy) is 4. The number of carbonyl (C=O) groups is 3. The van der Waals surface area contributed by atoms with Crippen LogP contribution in [0.2, 0.25) is 0 Å². The topological polar surface area (TPSA) is 100 Å². The Morgan fingerprint density at radius 2 is 1.82 bits per heavy atom. The van der Waals surface area contributed by atoms with Crippen LogP contribution in [0.4, 0.5) is 0 Å². The third-order valence-electron chi connectivity index (χ3n) is 3.85. The lowest BCUT2D eigenvalue weighted by Gasteiger charge is -2.26. The summed E-state index contributed by atoms with van der Waals surface area (Å²) in [4.78, 5) is 34.4. The molecule has 0 saturated heterocycles. The Morgan fingerprint density at radius 3 is 2.64 bits per heavy atom. The van der Waals surface area contributed by atoms with E-state index in [1.165, 1.54) is 0 Å². The van der Waals surface area contributed by atoms with Crippen molar-refractivity contribution in [3.63, 3.8) is 0 Å². The molecule has 8 heteroatoms. The predicted molar refractivity (Wildman–Crippen MR) is 97.6 cm³/mol. The van der Waals surface area contributed by atoms with Crippen LogP contribution in [0.5, 0.6) is 17.2 Å². The molecule has 2 aromatic rings. The van der Waals surface area contributed by atoms with E-state index in [1.807, 2.05) is 12.1 Å². The van der Waals surface area contributed by atoms with Crippen LogP contribution in [-0.2, 0) is 14.3 Å². The van der Waals surface area contributed by atoms with Crippen molar-refractivity contribution < 1.29 is 33.3 Å². The maximum Gasteiger partial charge on any atom is 0.344 e. The second-order valence-electron chi connectivity index (χ2n) is 5.91. The van der Waals surface area contributed by atoms with E-state index in [9.17, 15) is 14.4 Å². The molecule has 1 amide bonds. The van der Waals surface area contributed by atoms with E-state index in [1.54, 1.807) is 36.4 Å². The van der Waals surface area contributed by atoms with Crippen molar-refractivity contribution in [2.45, 2.75) is 6.10 Å². The Kier molecular flexibility index (Phi) is 6.46. The fourth-order valence-corrected chi connectivity index (χ4v) is 2.48. The van der Waals surface area contributed by atoms with E-state index in [2.05, 4.69) is 5.32 Å².